The molecule has 4 atom stereocenters. The molecule has 2 aliphatic rings. The number of halogens is 1. The Morgan fingerprint density at radius 3 is 2.27 bits per heavy atom. The minimum absolute atomic E-state index is 0. The van der Waals surface area contributed by atoms with Crippen LogP contribution in [0.15, 0.2) is 0 Å². The molecule has 2 unspecified atom stereocenters. The summed E-state index contributed by atoms with van der Waals surface area (Å²) in [6.45, 7) is 0.308. The predicted molar refractivity (Wildman–Crippen MR) is 46.6 cm³/mol. The summed E-state index contributed by atoms with van der Waals surface area (Å²) in [7, 11) is 0. The van der Waals surface area contributed by atoms with E-state index in [-0.39, 0.29) is 12.4 Å². The SMILES string of the molecule is Cl.N[C@H]1C2CCC(C2)[C@H]1CO. The molecule has 66 valence electrons. The molecule has 2 fully saturated rings. The van der Waals surface area contributed by atoms with E-state index in [2.05, 4.69) is 0 Å². The van der Waals surface area contributed by atoms with E-state index in [0.29, 0.717) is 18.6 Å². The lowest BCUT2D eigenvalue weighted by atomic mass is 9.86. The Bertz CT molecular complexity index is 140. The maximum atomic E-state index is 8.98. The molecular weight excluding hydrogens is 162 g/mol. The molecule has 0 aromatic heterocycles. The Labute approximate surface area is 73.6 Å². The van der Waals surface area contributed by atoms with E-state index in [1.807, 2.05) is 0 Å². The molecular formula is C8H16ClNO. The molecule has 3 N–H and O–H groups in total. The molecule has 2 saturated carbocycles. The molecule has 0 saturated heterocycles. The van der Waals surface area contributed by atoms with Crippen molar-refractivity contribution in [1.82, 2.24) is 0 Å². The summed E-state index contributed by atoms with van der Waals surface area (Å²) in [5.74, 6) is 1.92. The second kappa shape index (κ2) is 3.30. The van der Waals surface area contributed by atoms with Crippen molar-refractivity contribution in [2.75, 3.05) is 6.61 Å². The van der Waals surface area contributed by atoms with Gasteiger partial charge in [0.15, 0.2) is 0 Å². The summed E-state index contributed by atoms with van der Waals surface area (Å²) in [5.41, 5.74) is 5.91. The van der Waals surface area contributed by atoms with E-state index in [1.54, 1.807) is 0 Å². The molecule has 0 heterocycles. The zero-order valence-electron chi connectivity index (χ0n) is 6.57. The lowest BCUT2D eigenvalue weighted by molar-refractivity contribution is 0.159. The third-order valence-electron chi connectivity index (χ3n) is 3.37. The largest absolute Gasteiger partial charge is 0.396 e. The minimum atomic E-state index is 0. The third-order valence-corrected chi connectivity index (χ3v) is 3.37. The van der Waals surface area contributed by atoms with Crippen LogP contribution in [-0.2, 0) is 0 Å². The molecule has 3 heteroatoms. The van der Waals surface area contributed by atoms with Gasteiger partial charge in [0.2, 0.25) is 0 Å². The van der Waals surface area contributed by atoms with Crippen molar-refractivity contribution in [1.29, 1.82) is 0 Å². The third kappa shape index (κ3) is 1.28. The van der Waals surface area contributed by atoms with Gasteiger partial charge in [-0.05, 0) is 31.1 Å². The molecule has 2 bridgehead atoms. The van der Waals surface area contributed by atoms with Crippen LogP contribution >= 0.6 is 12.4 Å². The first-order valence-corrected chi connectivity index (χ1v) is 4.19. The number of fused-ring (bicyclic) bond motifs is 2. The van der Waals surface area contributed by atoms with Gasteiger partial charge in [-0.15, -0.1) is 12.4 Å². The lowest BCUT2D eigenvalue weighted by Gasteiger charge is -2.25. The van der Waals surface area contributed by atoms with Crippen LogP contribution in [0.3, 0.4) is 0 Å². The first kappa shape index (κ1) is 9.30. The first-order chi connectivity index (χ1) is 4.83. The maximum Gasteiger partial charge on any atom is 0.0476 e. The van der Waals surface area contributed by atoms with Crippen LogP contribution in [0.2, 0.25) is 0 Å². The Kier molecular flexibility index (Phi) is 2.79. The van der Waals surface area contributed by atoms with Gasteiger partial charge in [-0.2, -0.15) is 0 Å². The molecule has 11 heavy (non-hydrogen) atoms. The topological polar surface area (TPSA) is 46.2 Å². The van der Waals surface area contributed by atoms with Crippen molar-refractivity contribution in [3.05, 3.63) is 0 Å². The summed E-state index contributed by atoms with van der Waals surface area (Å²) >= 11 is 0. The fraction of sp³-hybridized carbons (Fsp3) is 1.00. The van der Waals surface area contributed by atoms with Crippen LogP contribution in [0.25, 0.3) is 0 Å². The number of aliphatic hydroxyl groups is 1. The summed E-state index contributed by atoms with van der Waals surface area (Å²) < 4.78 is 0. The molecule has 2 aliphatic carbocycles. The Morgan fingerprint density at radius 2 is 1.91 bits per heavy atom. The number of hydrogen-bond acceptors (Lipinski definition) is 2. The number of aliphatic hydroxyl groups excluding tert-OH is 1. The quantitative estimate of drug-likeness (QED) is 0.622. The Hall–Kier alpha value is 0.210. The number of hydrogen-bond donors (Lipinski definition) is 2. The van der Waals surface area contributed by atoms with Gasteiger partial charge in [-0.25, -0.2) is 0 Å². The molecule has 0 aliphatic heterocycles. The van der Waals surface area contributed by atoms with Crippen LogP contribution in [0.5, 0.6) is 0 Å². The number of rotatable bonds is 1. The van der Waals surface area contributed by atoms with Crippen molar-refractivity contribution in [3.63, 3.8) is 0 Å². The highest BCUT2D eigenvalue weighted by molar-refractivity contribution is 5.85. The summed E-state index contributed by atoms with van der Waals surface area (Å²) in [4.78, 5) is 0. The predicted octanol–water partition coefficient (Wildman–Crippen LogP) is 0.774. The van der Waals surface area contributed by atoms with E-state index in [1.165, 1.54) is 19.3 Å². The second-order valence-electron chi connectivity index (χ2n) is 3.76. The van der Waals surface area contributed by atoms with Crippen LogP contribution in [-0.4, -0.2) is 17.8 Å². The zero-order valence-corrected chi connectivity index (χ0v) is 7.39. The molecule has 2 rings (SSSR count). The molecule has 0 aromatic carbocycles. The van der Waals surface area contributed by atoms with Crippen molar-refractivity contribution < 1.29 is 5.11 Å². The summed E-state index contributed by atoms with van der Waals surface area (Å²) in [6, 6.07) is 0.309. The highest BCUT2D eigenvalue weighted by atomic mass is 35.5. The van der Waals surface area contributed by atoms with Crippen LogP contribution in [0.1, 0.15) is 19.3 Å². The van der Waals surface area contributed by atoms with E-state index >= 15 is 0 Å². The van der Waals surface area contributed by atoms with Gasteiger partial charge in [0, 0.05) is 18.6 Å². The van der Waals surface area contributed by atoms with Crippen LogP contribution in [0.4, 0.5) is 0 Å². The first-order valence-electron chi connectivity index (χ1n) is 4.19. The number of nitrogens with two attached hydrogens (primary N) is 1. The van der Waals surface area contributed by atoms with Gasteiger partial charge in [0.05, 0.1) is 0 Å². The fourth-order valence-electron chi connectivity index (χ4n) is 2.73. The molecule has 0 radical (unpaired) electrons. The highest BCUT2D eigenvalue weighted by Crippen LogP contribution is 2.47. The smallest absolute Gasteiger partial charge is 0.0476 e. The van der Waals surface area contributed by atoms with E-state index in [4.69, 9.17) is 10.8 Å². The molecule has 0 amide bonds. The molecule has 0 spiro atoms. The Morgan fingerprint density at radius 1 is 1.27 bits per heavy atom. The van der Waals surface area contributed by atoms with Crippen molar-refractivity contribution in [2.24, 2.45) is 23.5 Å². The highest BCUT2D eigenvalue weighted by Gasteiger charge is 2.44. The van der Waals surface area contributed by atoms with Gasteiger partial charge in [0.25, 0.3) is 0 Å². The Balaban J connectivity index is 0.000000605. The summed E-state index contributed by atoms with van der Waals surface area (Å²) in [5, 5.41) is 8.98. The van der Waals surface area contributed by atoms with Crippen molar-refractivity contribution in [2.45, 2.75) is 25.3 Å². The van der Waals surface area contributed by atoms with E-state index < -0.39 is 0 Å². The fourth-order valence-corrected chi connectivity index (χ4v) is 2.73. The lowest BCUT2D eigenvalue weighted by Crippen LogP contribution is -2.37. The molecule has 2 nitrogen and oxygen atoms in total. The van der Waals surface area contributed by atoms with Gasteiger partial charge < -0.3 is 10.8 Å². The van der Waals surface area contributed by atoms with Crippen LogP contribution in [0, 0.1) is 17.8 Å². The average Bonchev–Trinajstić information content (AvgIpc) is 2.46. The standard InChI is InChI=1S/C8H15NO.ClH/c9-8-6-2-1-5(3-6)7(8)4-10;/h5-8,10H,1-4,9H2;1H/t5?,6?,7-,8+;/m1./s1. The zero-order chi connectivity index (χ0) is 7.14. The van der Waals surface area contributed by atoms with Crippen LogP contribution < -0.4 is 5.73 Å². The normalized spacial score (nSPS) is 47.5. The van der Waals surface area contributed by atoms with E-state index in [0.717, 1.165) is 11.8 Å². The average molecular weight is 178 g/mol. The van der Waals surface area contributed by atoms with Gasteiger partial charge >= 0.3 is 0 Å². The summed E-state index contributed by atoms with van der Waals surface area (Å²) in [6.07, 6.45) is 3.90. The monoisotopic (exact) mass is 177 g/mol. The van der Waals surface area contributed by atoms with Gasteiger partial charge in [-0.3, -0.25) is 0 Å². The minimum Gasteiger partial charge on any atom is -0.396 e. The maximum absolute atomic E-state index is 8.98. The second-order valence-corrected chi connectivity index (χ2v) is 3.76. The van der Waals surface area contributed by atoms with Crippen molar-refractivity contribution in [3.8, 4) is 0 Å². The van der Waals surface area contributed by atoms with E-state index in [9.17, 15) is 0 Å². The van der Waals surface area contributed by atoms with Crippen molar-refractivity contribution >= 4 is 12.4 Å². The van der Waals surface area contributed by atoms with Gasteiger partial charge in [-0.1, -0.05) is 0 Å². The molecule has 0 aromatic rings. The van der Waals surface area contributed by atoms with Gasteiger partial charge in [0.1, 0.15) is 0 Å².